The SMILES string of the molecule is CC1(C)Cc2c(Br)cccc2C(Nc2ccc(Br)c3c2CC(=O)N3)C(O)(C(F)(F)F)C1. The molecule has 2 unspecified atom stereocenters. The van der Waals surface area contributed by atoms with E-state index in [-0.39, 0.29) is 12.3 Å². The lowest BCUT2D eigenvalue weighted by molar-refractivity contribution is -0.275. The molecule has 166 valence electrons. The van der Waals surface area contributed by atoms with Crippen molar-refractivity contribution in [2.75, 3.05) is 10.6 Å². The molecule has 0 bridgehead atoms. The van der Waals surface area contributed by atoms with E-state index in [1.807, 2.05) is 0 Å². The average molecular weight is 562 g/mol. The standard InChI is InChI=1S/C22H21Br2F3N2O2/c1-20(2)9-13-11(4-3-5-14(13)23)19(21(31,10-20)22(25,26)27)28-16-7-6-15(24)18-12(16)8-17(30)29-18/h3-7,19,28,31H,8-10H2,1-2H3,(H,29,30). The number of alkyl halides is 3. The molecular formula is C22H21Br2F3N2O2. The first-order valence-electron chi connectivity index (χ1n) is 9.76. The minimum Gasteiger partial charge on any atom is -0.379 e. The minimum atomic E-state index is -4.88. The second-order valence-electron chi connectivity index (χ2n) is 9.00. The van der Waals surface area contributed by atoms with Crippen molar-refractivity contribution in [3.63, 3.8) is 0 Å². The van der Waals surface area contributed by atoms with E-state index < -0.39 is 29.7 Å². The highest BCUT2D eigenvalue weighted by molar-refractivity contribution is 9.11. The molecule has 31 heavy (non-hydrogen) atoms. The summed E-state index contributed by atoms with van der Waals surface area (Å²) in [6.45, 7) is 3.46. The van der Waals surface area contributed by atoms with E-state index in [1.54, 1.807) is 44.2 Å². The molecular weight excluding hydrogens is 541 g/mol. The van der Waals surface area contributed by atoms with E-state index in [4.69, 9.17) is 0 Å². The van der Waals surface area contributed by atoms with Gasteiger partial charge in [-0.15, -0.1) is 0 Å². The molecule has 0 radical (unpaired) electrons. The zero-order valence-electron chi connectivity index (χ0n) is 16.8. The number of halogens is 5. The van der Waals surface area contributed by atoms with Gasteiger partial charge in [0, 0.05) is 20.2 Å². The zero-order valence-corrected chi connectivity index (χ0v) is 20.0. The number of fused-ring (bicyclic) bond motifs is 2. The lowest BCUT2D eigenvalue weighted by Crippen LogP contribution is -2.54. The van der Waals surface area contributed by atoms with Gasteiger partial charge in [0.05, 0.1) is 18.2 Å². The Kier molecular flexibility index (Phi) is 5.46. The van der Waals surface area contributed by atoms with E-state index in [1.165, 1.54) is 0 Å². The fourth-order valence-electron chi connectivity index (χ4n) is 4.70. The van der Waals surface area contributed by atoms with Crippen LogP contribution in [0.1, 0.15) is 43.0 Å². The van der Waals surface area contributed by atoms with Gasteiger partial charge >= 0.3 is 6.18 Å². The summed E-state index contributed by atoms with van der Waals surface area (Å²) in [5.74, 6) is -0.235. The van der Waals surface area contributed by atoms with Gasteiger partial charge in [0.1, 0.15) is 0 Å². The molecule has 1 heterocycles. The molecule has 4 rings (SSSR count). The highest BCUT2D eigenvalue weighted by Gasteiger charge is 2.62. The summed E-state index contributed by atoms with van der Waals surface area (Å²) >= 11 is 6.86. The molecule has 2 aliphatic rings. The number of hydrogen-bond acceptors (Lipinski definition) is 3. The first-order chi connectivity index (χ1) is 14.3. The quantitative estimate of drug-likeness (QED) is 0.387. The summed E-state index contributed by atoms with van der Waals surface area (Å²) < 4.78 is 44.6. The van der Waals surface area contributed by atoms with Gasteiger partial charge in [-0.3, -0.25) is 4.79 Å². The van der Waals surface area contributed by atoms with Crippen LogP contribution in [0.25, 0.3) is 0 Å². The predicted octanol–water partition coefficient (Wildman–Crippen LogP) is 6.13. The fraction of sp³-hybridized carbons (Fsp3) is 0.409. The molecule has 2 aromatic carbocycles. The number of nitrogens with one attached hydrogen (secondary N) is 2. The van der Waals surface area contributed by atoms with E-state index in [9.17, 15) is 23.1 Å². The van der Waals surface area contributed by atoms with Crippen molar-refractivity contribution < 1.29 is 23.1 Å². The van der Waals surface area contributed by atoms with Crippen LogP contribution in [-0.4, -0.2) is 22.8 Å². The Labute approximate surface area is 194 Å². The first kappa shape index (κ1) is 22.6. The lowest BCUT2D eigenvalue weighted by Gasteiger charge is -2.41. The highest BCUT2D eigenvalue weighted by atomic mass is 79.9. The fourth-order valence-corrected chi connectivity index (χ4v) is 5.69. The summed E-state index contributed by atoms with van der Waals surface area (Å²) in [6, 6.07) is 6.93. The molecule has 4 nitrogen and oxygen atoms in total. The number of aliphatic hydroxyl groups is 1. The molecule has 0 spiro atoms. The third-order valence-corrected chi connectivity index (χ3v) is 7.41. The Morgan fingerprint density at radius 3 is 2.52 bits per heavy atom. The van der Waals surface area contributed by atoms with E-state index in [0.717, 1.165) is 5.56 Å². The summed E-state index contributed by atoms with van der Waals surface area (Å²) in [5, 5.41) is 17.0. The topological polar surface area (TPSA) is 61.4 Å². The molecule has 0 saturated carbocycles. The van der Waals surface area contributed by atoms with Crippen LogP contribution in [0.5, 0.6) is 0 Å². The summed E-state index contributed by atoms with van der Waals surface area (Å²) in [6.07, 6.45) is -4.93. The molecule has 3 N–H and O–H groups in total. The van der Waals surface area contributed by atoms with Crippen LogP contribution in [0.4, 0.5) is 24.5 Å². The minimum absolute atomic E-state index is 0.0467. The van der Waals surface area contributed by atoms with Crippen LogP contribution in [0.15, 0.2) is 39.3 Å². The van der Waals surface area contributed by atoms with Crippen molar-refractivity contribution in [3.8, 4) is 0 Å². The van der Waals surface area contributed by atoms with Crippen LogP contribution >= 0.6 is 31.9 Å². The van der Waals surface area contributed by atoms with Gasteiger partial charge in [-0.1, -0.05) is 41.9 Å². The van der Waals surface area contributed by atoms with Crippen molar-refractivity contribution >= 4 is 49.1 Å². The number of amides is 1. The second-order valence-corrected chi connectivity index (χ2v) is 10.7. The first-order valence-corrected chi connectivity index (χ1v) is 11.4. The van der Waals surface area contributed by atoms with Crippen molar-refractivity contribution in [1.29, 1.82) is 0 Å². The van der Waals surface area contributed by atoms with Gasteiger partial charge in [-0.05, 0) is 63.5 Å². The Bertz CT molecular complexity index is 1070. The molecule has 1 aliphatic heterocycles. The van der Waals surface area contributed by atoms with Crippen LogP contribution in [-0.2, 0) is 17.6 Å². The van der Waals surface area contributed by atoms with Crippen molar-refractivity contribution in [3.05, 3.63) is 56.0 Å². The van der Waals surface area contributed by atoms with Gasteiger partial charge in [-0.25, -0.2) is 0 Å². The Balaban J connectivity index is 1.91. The summed E-state index contributed by atoms with van der Waals surface area (Å²) in [5.41, 5.74) is -1.22. The molecule has 1 aliphatic carbocycles. The third kappa shape index (κ3) is 3.89. The monoisotopic (exact) mass is 560 g/mol. The largest absolute Gasteiger partial charge is 0.419 e. The number of hydrogen-bond donors (Lipinski definition) is 3. The van der Waals surface area contributed by atoms with Gasteiger partial charge in [-0.2, -0.15) is 13.2 Å². The van der Waals surface area contributed by atoms with Crippen LogP contribution in [0.3, 0.4) is 0 Å². The van der Waals surface area contributed by atoms with Crippen molar-refractivity contribution in [2.24, 2.45) is 5.41 Å². The van der Waals surface area contributed by atoms with E-state index in [2.05, 4.69) is 42.5 Å². The molecule has 2 atom stereocenters. The van der Waals surface area contributed by atoms with Crippen LogP contribution < -0.4 is 10.6 Å². The van der Waals surface area contributed by atoms with Crippen LogP contribution in [0.2, 0.25) is 0 Å². The summed E-state index contributed by atoms with van der Waals surface area (Å²) in [7, 11) is 0. The Morgan fingerprint density at radius 1 is 1.13 bits per heavy atom. The van der Waals surface area contributed by atoms with Gasteiger partial charge in [0.15, 0.2) is 5.60 Å². The van der Waals surface area contributed by atoms with E-state index >= 15 is 0 Å². The number of anilines is 2. The maximum absolute atomic E-state index is 14.4. The predicted molar refractivity (Wildman–Crippen MR) is 120 cm³/mol. The molecule has 9 heteroatoms. The number of rotatable bonds is 2. The zero-order chi connectivity index (χ0) is 22.8. The van der Waals surface area contributed by atoms with Crippen molar-refractivity contribution in [2.45, 2.75) is 50.9 Å². The average Bonchev–Trinajstić information content (AvgIpc) is 3.00. The van der Waals surface area contributed by atoms with Crippen molar-refractivity contribution in [1.82, 2.24) is 0 Å². The molecule has 0 aromatic heterocycles. The normalized spacial score (nSPS) is 24.8. The van der Waals surface area contributed by atoms with E-state index in [0.29, 0.717) is 37.9 Å². The summed E-state index contributed by atoms with van der Waals surface area (Å²) in [4.78, 5) is 12.0. The Hall–Kier alpha value is -1.58. The Morgan fingerprint density at radius 2 is 1.84 bits per heavy atom. The molecule has 1 amide bonds. The highest BCUT2D eigenvalue weighted by Crippen LogP contribution is 2.53. The third-order valence-electron chi connectivity index (χ3n) is 6.00. The number of carbonyl (C=O) groups excluding carboxylic acids is 1. The maximum atomic E-state index is 14.4. The van der Waals surface area contributed by atoms with Gasteiger partial charge in [0.25, 0.3) is 0 Å². The van der Waals surface area contributed by atoms with Gasteiger partial charge in [0.2, 0.25) is 5.91 Å². The van der Waals surface area contributed by atoms with Gasteiger partial charge < -0.3 is 15.7 Å². The number of carbonyl (C=O) groups is 1. The van der Waals surface area contributed by atoms with Crippen LogP contribution in [0, 0.1) is 5.41 Å². The second kappa shape index (κ2) is 7.49. The maximum Gasteiger partial charge on any atom is 0.419 e. The molecule has 2 aromatic rings. The number of benzene rings is 2. The smallest absolute Gasteiger partial charge is 0.379 e. The lowest BCUT2D eigenvalue weighted by atomic mass is 9.76. The molecule has 0 fully saturated rings. The molecule has 0 saturated heterocycles.